The molecule has 1 unspecified atom stereocenters. The number of ether oxygens (including phenoxy) is 1. The Morgan fingerprint density at radius 3 is 2.95 bits per heavy atom. The number of nitrogens with zero attached hydrogens (tertiary/aromatic N) is 1. The van der Waals surface area contributed by atoms with E-state index in [2.05, 4.69) is 21.2 Å². The van der Waals surface area contributed by atoms with Crippen LogP contribution in [0.15, 0.2) is 20.0 Å². The largest absolute Gasteiger partial charge is 0.452 e. The van der Waals surface area contributed by atoms with Gasteiger partial charge in [0.25, 0.3) is 0 Å². The maximum absolute atomic E-state index is 12.5. The zero-order valence-electron chi connectivity index (χ0n) is 10.8. The molecular formula is C11H17BrN2O4S. The standard InChI is InChI=1S/C11H17BrN2O4S/c1-13-6-9-5-10(11(12)18-9)19(15,16)14-4-3-8(7-14)17-2/h5,8,13H,3-4,6-7H2,1-2H3. The normalized spacial score (nSPS) is 21.1. The first-order valence-electron chi connectivity index (χ1n) is 5.94. The minimum atomic E-state index is -3.52. The van der Waals surface area contributed by atoms with Crippen LogP contribution < -0.4 is 5.32 Å². The van der Waals surface area contributed by atoms with Crippen molar-refractivity contribution in [1.82, 2.24) is 9.62 Å². The molecule has 0 aromatic carbocycles. The van der Waals surface area contributed by atoms with E-state index in [4.69, 9.17) is 9.15 Å². The minimum Gasteiger partial charge on any atom is -0.452 e. The van der Waals surface area contributed by atoms with Crippen molar-refractivity contribution >= 4 is 26.0 Å². The van der Waals surface area contributed by atoms with Gasteiger partial charge in [0.1, 0.15) is 10.7 Å². The highest BCUT2D eigenvalue weighted by molar-refractivity contribution is 9.10. The van der Waals surface area contributed by atoms with E-state index in [1.165, 1.54) is 4.31 Å². The molecule has 1 aliphatic heterocycles. The van der Waals surface area contributed by atoms with Crippen LogP contribution in [0, 0.1) is 0 Å². The summed E-state index contributed by atoms with van der Waals surface area (Å²) >= 11 is 3.17. The smallest absolute Gasteiger partial charge is 0.247 e. The highest BCUT2D eigenvalue weighted by Crippen LogP contribution is 2.30. The Morgan fingerprint density at radius 1 is 1.63 bits per heavy atom. The lowest BCUT2D eigenvalue weighted by Crippen LogP contribution is -2.30. The summed E-state index contributed by atoms with van der Waals surface area (Å²) in [6.45, 7) is 1.34. The minimum absolute atomic E-state index is 0.0303. The van der Waals surface area contributed by atoms with Gasteiger partial charge >= 0.3 is 0 Å². The summed E-state index contributed by atoms with van der Waals surface area (Å²) < 4.78 is 37.2. The van der Waals surface area contributed by atoms with E-state index in [-0.39, 0.29) is 15.7 Å². The fourth-order valence-electron chi connectivity index (χ4n) is 2.08. The summed E-state index contributed by atoms with van der Waals surface area (Å²) in [5.74, 6) is 0.579. The molecule has 1 aromatic heterocycles. The number of methoxy groups -OCH3 is 1. The number of furan rings is 1. The number of hydrogen-bond acceptors (Lipinski definition) is 5. The van der Waals surface area contributed by atoms with Crippen LogP contribution in [0.2, 0.25) is 0 Å². The van der Waals surface area contributed by atoms with Gasteiger partial charge in [-0.3, -0.25) is 0 Å². The molecule has 0 saturated carbocycles. The molecule has 0 aliphatic carbocycles. The van der Waals surface area contributed by atoms with E-state index in [1.54, 1.807) is 20.2 Å². The van der Waals surface area contributed by atoms with E-state index >= 15 is 0 Å². The van der Waals surface area contributed by atoms with Crippen LogP contribution in [-0.4, -0.2) is 46.1 Å². The zero-order valence-corrected chi connectivity index (χ0v) is 13.3. The molecule has 0 amide bonds. The average molecular weight is 353 g/mol. The molecule has 2 rings (SSSR count). The van der Waals surface area contributed by atoms with Crippen molar-refractivity contribution in [2.24, 2.45) is 0 Å². The van der Waals surface area contributed by atoms with Gasteiger partial charge in [-0.2, -0.15) is 4.31 Å². The van der Waals surface area contributed by atoms with Crippen molar-refractivity contribution in [3.63, 3.8) is 0 Å². The van der Waals surface area contributed by atoms with Gasteiger partial charge in [-0.1, -0.05) is 0 Å². The number of hydrogen-bond donors (Lipinski definition) is 1. The van der Waals surface area contributed by atoms with Crippen LogP contribution in [0.4, 0.5) is 0 Å². The van der Waals surface area contributed by atoms with Crippen LogP contribution >= 0.6 is 15.9 Å². The molecule has 19 heavy (non-hydrogen) atoms. The molecule has 1 N–H and O–H groups in total. The van der Waals surface area contributed by atoms with Gasteiger partial charge in [0.15, 0.2) is 4.67 Å². The van der Waals surface area contributed by atoms with E-state index < -0.39 is 10.0 Å². The summed E-state index contributed by atoms with van der Waals surface area (Å²) in [4.78, 5) is 0.175. The molecule has 1 aromatic rings. The Morgan fingerprint density at radius 2 is 2.37 bits per heavy atom. The van der Waals surface area contributed by atoms with Crippen LogP contribution in [0.25, 0.3) is 0 Å². The van der Waals surface area contributed by atoms with Gasteiger partial charge in [0.05, 0.1) is 12.6 Å². The van der Waals surface area contributed by atoms with E-state index in [9.17, 15) is 8.42 Å². The van der Waals surface area contributed by atoms with Crippen molar-refractivity contribution in [2.75, 3.05) is 27.2 Å². The first kappa shape index (κ1) is 15.0. The third-order valence-electron chi connectivity index (χ3n) is 3.12. The zero-order chi connectivity index (χ0) is 14.0. The number of sulfonamides is 1. The molecular weight excluding hydrogens is 336 g/mol. The highest BCUT2D eigenvalue weighted by Gasteiger charge is 2.35. The first-order chi connectivity index (χ1) is 8.98. The van der Waals surface area contributed by atoms with Crippen molar-refractivity contribution in [3.05, 3.63) is 16.5 Å². The quantitative estimate of drug-likeness (QED) is 0.861. The number of rotatable bonds is 5. The van der Waals surface area contributed by atoms with Gasteiger partial charge in [0, 0.05) is 26.3 Å². The predicted molar refractivity (Wildman–Crippen MR) is 73.3 cm³/mol. The topological polar surface area (TPSA) is 71.8 Å². The Bertz CT molecular complexity index is 543. The third-order valence-corrected chi connectivity index (χ3v) is 5.84. The summed E-state index contributed by atoms with van der Waals surface area (Å²) in [6, 6.07) is 1.55. The summed E-state index contributed by atoms with van der Waals surface area (Å²) in [7, 11) is -0.156. The molecule has 1 aliphatic rings. The Hall–Kier alpha value is -0.410. The summed E-state index contributed by atoms with van der Waals surface area (Å²) in [6.07, 6.45) is 0.686. The van der Waals surface area contributed by atoms with Crippen molar-refractivity contribution < 1.29 is 17.6 Å². The lowest BCUT2D eigenvalue weighted by atomic mass is 10.3. The van der Waals surface area contributed by atoms with Gasteiger partial charge in [-0.25, -0.2) is 8.42 Å². The third kappa shape index (κ3) is 3.03. The molecule has 2 heterocycles. The Labute approximate surface area is 121 Å². The first-order valence-corrected chi connectivity index (χ1v) is 8.18. The molecule has 108 valence electrons. The predicted octanol–water partition coefficient (Wildman–Crippen LogP) is 1.17. The second kappa shape index (κ2) is 5.92. The molecule has 1 atom stereocenters. The second-order valence-corrected chi connectivity index (χ2v) is 7.02. The molecule has 1 saturated heterocycles. The van der Waals surface area contributed by atoms with Gasteiger partial charge in [0.2, 0.25) is 10.0 Å². The van der Waals surface area contributed by atoms with Gasteiger partial charge in [-0.05, 0) is 29.4 Å². The number of halogens is 1. The maximum Gasteiger partial charge on any atom is 0.247 e. The molecule has 0 spiro atoms. The SMILES string of the molecule is CNCc1cc(S(=O)(=O)N2CCC(OC)C2)c(Br)o1. The second-order valence-electron chi connectivity index (χ2n) is 4.39. The molecule has 0 radical (unpaired) electrons. The van der Waals surface area contributed by atoms with E-state index in [1.807, 2.05) is 0 Å². The molecule has 8 heteroatoms. The number of nitrogens with one attached hydrogen (secondary N) is 1. The van der Waals surface area contributed by atoms with Crippen molar-refractivity contribution in [1.29, 1.82) is 0 Å². The molecule has 6 nitrogen and oxygen atoms in total. The lowest BCUT2D eigenvalue weighted by Gasteiger charge is -2.15. The van der Waals surface area contributed by atoms with Gasteiger partial charge in [-0.15, -0.1) is 0 Å². The maximum atomic E-state index is 12.5. The van der Waals surface area contributed by atoms with E-state index in [0.29, 0.717) is 31.8 Å². The molecule has 1 fully saturated rings. The molecule has 0 bridgehead atoms. The fraction of sp³-hybridized carbons (Fsp3) is 0.636. The van der Waals surface area contributed by atoms with E-state index in [0.717, 1.165) is 0 Å². The van der Waals surface area contributed by atoms with Crippen LogP contribution in [0.5, 0.6) is 0 Å². The monoisotopic (exact) mass is 352 g/mol. The summed E-state index contributed by atoms with van der Waals surface area (Å²) in [5.41, 5.74) is 0. The van der Waals surface area contributed by atoms with Gasteiger partial charge < -0.3 is 14.5 Å². The Balaban J connectivity index is 2.24. The fourth-order valence-corrected chi connectivity index (χ4v) is 4.53. The van der Waals surface area contributed by atoms with Crippen molar-refractivity contribution in [2.45, 2.75) is 24.0 Å². The van der Waals surface area contributed by atoms with Crippen LogP contribution in [0.1, 0.15) is 12.2 Å². The highest BCUT2D eigenvalue weighted by atomic mass is 79.9. The Kier molecular flexibility index (Phi) is 4.67. The van der Waals surface area contributed by atoms with Crippen LogP contribution in [-0.2, 0) is 21.3 Å². The lowest BCUT2D eigenvalue weighted by molar-refractivity contribution is 0.115. The average Bonchev–Trinajstić information content (AvgIpc) is 2.96. The van der Waals surface area contributed by atoms with Crippen LogP contribution in [0.3, 0.4) is 0 Å². The summed E-state index contributed by atoms with van der Waals surface area (Å²) in [5, 5.41) is 2.92. The van der Waals surface area contributed by atoms with Crippen molar-refractivity contribution in [3.8, 4) is 0 Å².